The van der Waals surface area contributed by atoms with Gasteiger partial charge in [0, 0.05) is 9.30 Å². The maximum absolute atomic E-state index is 3.59. The summed E-state index contributed by atoms with van der Waals surface area (Å²) in [4.78, 5) is 0.496. The number of hydrogen-bond acceptors (Lipinski definition) is 0. The molecule has 0 radical (unpaired) electrons. The smallest absolute Gasteiger partial charge is 0.0392 e. The van der Waals surface area contributed by atoms with Crippen molar-refractivity contribution in [1.82, 2.24) is 0 Å². The fourth-order valence-corrected chi connectivity index (χ4v) is 1.48. The highest BCUT2D eigenvalue weighted by molar-refractivity contribution is 9.10. The Morgan fingerprint density at radius 3 is 2.27 bits per heavy atom. The average molecular weight is 278 g/mol. The van der Waals surface area contributed by atoms with Crippen LogP contribution in [-0.2, 0) is 0 Å². The third-order valence-corrected chi connectivity index (χ3v) is 3.29. The van der Waals surface area contributed by atoms with Crippen molar-refractivity contribution in [1.29, 1.82) is 0 Å². The summed E-state index contributed by atoms with van der Waals surface area (Å²) >= 11 is 7.00. The molecule has 0 saturated carbocycles. The van der Waals surface area contributed by atoms with E-state index in [9.17, 15) is 0 Å². The second kappa shape index (κ2) is 4.27. The molecule has 0 fully saturated rings. The summed E-state index contributed by atoms with van der Waals surface area (Å²) < 4.78 is 1.14. The topological polar surface area (TPSA) is 0 Å². The van der Waals surface area contributed by atoms with Gasteiger partial charge in [0.2, 0.25) is 0 Å². The molecular formula is C9H10Br2. The number of alkyl halides is 1. The number of rotatable bonds is 2. The fourth-order valence-electron chi connectivity index (χ4n) is 0.907. The molecule has 0 unspecified atom stereocenters. The van der Waals surface area contributed by atoms with Gasteiger partial charge in [-0.2, -0.15) is 0 Å². The molecule has 0 saturated heterocycles. The van der Waals surface area contributed by atoms with Gasteiger partial charge >= 0.3 is 0 Å². The minimum atomic E-state index is 0.496. The SMILES string of the molecule is CC[C@@H](Br)c1ccc(Br)cc1. The first-order valence-corrected chi connectivity index (χ1v) is 5.34. The van der Waals surface area contributed by atoms with Crippen molar-refractivity contribution in [3.05, 3.63) is 34.3 Å². The van der Waals surface area contributed by atoms with Crippen molar-refractivity contribution in [2.24, 2.45) is 0 Å². The van der Waals surface area contributed by atoms with Crippen LogP contribution in [0.2, 0.25) is 0 Å². The first kappa shape index (κ1) is 9.27. The molecule has 60 valence electrons. The maximum Gasteiger partial charge on any atom is 0.0392 e. The molecule has 1 aromatic carbocycles. The summed E-state index contributed by atoms with van der Waals surface area (Å²) in [6.07, 6.45) is 1.13. The Balaban J connectivity index is 2.81. The molecule has 2 heteroatoms. The maximum atomic E-state index is 3.59. The summed E-state index contributed by atoms with van der Waals surface area (Å²) in [5, 5.41) is 0. The fraction of sp³-hybridized carbons (Fsp3) is 0.333. The molecule has 11 heavy (non-hydrogen) atoms. The van der Waals surface area contributed by atoms with E-state index >= 15 is 0 Å². The van der Waals surface area contributed by atoms with Gasteiger partial charge in [-0.05, 0) is 24.1 Å². The van der Waals surface area contributed by atoms with E-state index < -0.39 is 0 Å². The highest BCUT2D eigenvalue weighted by Gasteiger charge is 2.02. The zero-order chi connectivity index (χ0) is 8.27. The van der Waals surface area contributed by atoms with Crippen LogP contribution < -0.4 is 0 Å². The Morgan fingerprint density at radius 2 is 1.82 bits per heavy atom. The number of benzene rings is 1. The minimum Gasteiger partial charge on any atom is -0.0839 e. The van der Waals surface area contributed by atoms with E-state index in [-0.39, 0.29) is 0 Å². The molecule has 0 nitrogen and oxygen atoms in total. The van der Waals surface area contributed by atoms with E-state index in [0.29, 0.717) is 4.83 Å². The zero-order valence-electron chi connectivity index (χ0n) is 6.35. The molecule has 0 aliphatic carbocycles. The Bertz CT molecular complexity index is 216. The standard InChI is InChI=1S/C9H10Br2/c1-2-9(11)7-3-5-8(10)6-4-7/h3-6,9H,2H2,1H3/t9-/m1/s1. The molecule has 1 aromatic rings. The quantitative estimate of drug-likeness (QED) is 0.708. The van der Waals surface area contributed by atoms with Crippen LogP contribution in [0, 0.1) is 0 Å². The largest absolute Gasteiger partial charge is 0.0839 e. The van der Waals surface area contributed by atoms with Crippen molar-refractivity contribution >= 4 is 31.9 Å². The summed E-state index contributed by atoms with van der Waals surface area (Å²) in [6, 6.07) is 8.40. The third-order valence-electron chi connectivity index (χ3n) is 1.59. The van der Waals surface area contributed by atoms with Gasteiger partial charge < -0.3 is 0 Å². The normalized spacial score (nSPS) is 13.0. The van der Waals surface area contributed by atoms with E-state index in [1.54, 1.807) is 0 Å². The summed E-state index contributed by atoms with van der Waals surface area (Å²) in [5.74, 6) is 0. The zero-order valence-corrected chi connectivity index (χ0v) is 9.52. The van der Waals surface area contributed by atoms with Gasteiger partial charge in [-0.15, -0.1) is 0 Å². The van der Waals surface area contributed by atoms with Crippen molar-refractivity contribution in [3.8, 4) is 0 Å². The highest BCUT2D eigenvalue weighted by atomic mass is 79.9. The molecule has 0 aliphatic heterocycles. The molecule has 0 aromatic heterocycles. The van der Waals surface area contributed by atoms with Crippen LogP contribution in [-0.4, -0.2) is 0 Å². The van der Waals surface area contributed by atoms with Gasteiger partial charge in [0.25, 0.3) is 0 Å². The minimum absolute atomic E-state index is 0.496. The first-order valence-electron chi connectivity index (χ1n) is 3.63. The van der Waals surface area contributed by atoms with Crippen LogP contribution in [0.3, 0.4) is 0 Å². The molecule has 1 atom stereocenters. The molecule has 1 rings (SSSR count). The Labute approximate surface area is 84.3 Å². The molecule has 0 heterocycles. The first-order chi connectivity index (χ1) is 5.24. The average Bonchev–Trinajstić information content (AvgIpc) is 2.05. The van der Waals surface area contributed by atoms with E-state index in [1.807, 2.05) is 0 Å². The second-order valence-corrected chi connectivity index (χ2v) is 4.45. The molecule has 0 aliphatic rings. The molecule has 0 bridgehead atoms. The Hall–Kier alpha value is 0.180. The lowest BCUT2D eigenvalue weighted by molar-refractivity contribution is 0.911. The highest BCUT2D eigenvalue weighted by Crippen LogP contribution is 2.26. The predicted molar refractivity (Wildman–Crippen MR) is 56.1 cm³/mol. The van der Waals surface area contributed by atoms with E-state index in [4.69, 9.17) is 0 Å². The van der Waals surface area contributed by atoms with Gasteiger partial charge in [0.1, 0.15) is 0 Å². The Kier molecular flexibility index (Phi) is 3.60. The van der Waals surface area contributed by atoms with Crippen molar-refractivity contribution < 1.29 is 0 Å². The van der Waals surface area contributed by atoms with Crippen LogP contribution in [0.25, 0.3) is 0 Å². The third kappa shape index (κ3) is 2.60. The van der Waals surface area contributed by atoms with Crippen molar-refractivity contribution in [2.75, 3.05) is 0 Å². The van der Waals surface area contributed by atoms with Gasteiger partial charge in [-0.3, -0.25) is 0 Å². The van der Waals surface area contributed by atoms with Crippen LogP contribution >= 0.6 is 31.9 Å². The predicted octanol–water partition coefficient (Wildman–Crippen LogP) is 4.30. The van der Waals surface area contributed by atoms with E-state index in [2.05, 4.69) is 63.0 Å². The monoisotopic (exact) mass is 276 g/mol. The molecule has 0 spiro atoms. The van der Waals surface area contributed by atoms with Crippen LogP contribution in [0.1, 0.15) is 23.7 Å². The van der Waals surface area contributed by atoms with Crippen LogP contribution in [0.15, 0.2) is 28.7 Å². The Morgan fingerprint density at radius 1 is 1.27 bits per heavy atom. The van der Waals surface area contributed by atoms with Crippen molar-refractivity contribution in [3.63, 3.8) is 0 Å². The molecular weight excluding hydrogens is 268 g/mol. The van der Waals surface area contributed by atoms with Crippen LogP contribution in [0.4, 0.5) is 0 Å². The van der Waals surface area contributed by atoms with Gasteiger partial charge in [0.05, 0.1) is 0 Å². The van der Waals surface area contributed by atoms with E-state index in [0.717, 1.165) is 10.9 Å². The number of halogens is 2. The van der Waals surface area contributed by atoms with Crippen LogP contribution in [0.5, 0.6) is 0 Å². The summed E-state index contributed by atoms with van der Waals surface area (Å²) in [6.45, 7) is 2.17. The summed E-state index contributed by atoms with van der Waals surface area (Å²) in [5.41, 5.74) is 1.34. The lowest BCUT2D eigenvalue weighted by Gasteiger charge is -2.05. The lowest BCUT2D eigenvalue weighted by atomic mass is 10.1. The van der Waals surface area contributed by atoms with Gasteiger partial charge in [0.15, 0.2) is 0 Å². The van der Waals surface area contributed by atoms with Crippen molar-refractivity contribution in [2.45, 2.75) is 18.2 Å². The lowest BCUT2D eigenvalue weighted by Crippen LogP contribution is -1.85. The van der Waals surface area contributed by atoms with Gasteiger partial charge in [-0.1, -0.05) is 50.9 Å². The molecule has 0 N–H and O–H groups in total. The number of hydrogen-bond donors (Lipinski definition) is 0. The van der Waals surface area contributed by atoms with Gasteiger partial charge in [-0.25, -0.2) is 0 Å². The molecule has 0 amide bonds. The summed E-state index contributed by atoms with van der Waals surface area (Å²) in [7, 11) is 0. The second-order valence-electron chi connectivity index (χ2n) is 2.43. The van der Waals surface area contributed by atoms with E-state index in [1.165, 1.54) is 5.56 Å².